The van der Waals surface area contributed by atoms with E-state index >= 15 is 0 Å². The van der Waals surface area contributed by atoms with E-state index in [0.717, 1.165) is 0 Å². The number of nitrogens with one attached hydrogen (secondary N) is 1. The van der Waals surface area contributed by atoms with Crippen molar-refractivity contribution in [3.8, 4) is 0 Å². The lowest BCUT2D eigenvalue weighted by Crippen LogP contribution is -2.46. The van der Waals surface area contributed by atoms with Crippen molar-refractivity contribution in [3.63, 3.8) is 0 Å². The summed E-state index contributed by atoms with van der Waals surface area (Å²) in [6.07, 6.45) is -0.641. The summed E-state index contributed by atoms with van der Waals surface area (Å²) in [6.45, 7) is 6.91. The summed E-state index contributed by atoms with van der Waals surface area (Å²) >= 11 is 0. The Balaban J connectivity index is 2.97. The summed E-state index contributed by atoms with van der Waals surface area (Å²) in [6, 6.07) is 4.57. The molecular formula is C20H28FNO6. The first kappa shape index (κ1) is 23.4. The van der Waals surface area contributed by atoms with E-state index in [9.17, 15) is 18.8 Å². The monoisotopic (exact) mass is 397 g/mol. The van der Waals surface area contributed by atoms with Gasteiger partial charge >= 0.3 is 18.0 Å². The third-order valence-electron chi connectivity index (χ3n) is 3.71. The SMILES string of the molecule is CCOC(=O)C(Cc1ccc(F)cc1)C[C@@H](NC(=O)OC(C)(C)C)C(=O)OC. The molecule has 1 N–H and O–H groups in total. The molecule has 2 atom stereocenters. The van der Waals surface area contributed by atoms with E-state index in [4.69, 9.17) is 14.2 Å². The van der Waals surface area contributed by atoms with Crippen molar-refractivity contribution in [2.45, 2.75) is 52.2 Å². The molecule has 0 aromatic heterocycles. The van der Waals surface area contributed by atoms with Crippen molar-refractivity contribution >= 4 is 18.0 Å². The first-order valence-electron chi connectivity index (χ1n) is 9.04. The van der Waals surface area contributed by atoms with Gasteiger partial charge in [0, 0.05) is 0 Å². The van der Waals surface area contributed by atoms with Gasteiger partial charge in [0.05, 0.1) is 19.6 Å². The van der Waals surface area contributed by atoms with E-state index in [1.54, 1.807) is 39.8 Å². The number of methoxy groups -OCH3 is 1. The van der Waals surface area contributed by atoms with E-state index in [-0.39, 0.29) is 19.4 Å². The van der Waals surface area contributed by atoms with Crippen LogP contribution in [0.4, 0.5) is 9.18 Å². The molecule has 0 fully saturated rings. The van der Waals surface area contributed by atoms with Gasteiger partial charge < -0.3 is 19.5 Å². The number of carbonyl (C=O) groups is 3. The zero-order valence-corrected chi connectivity index (χ0v) is 16.9. The van der Waals surface area contributed by atoms with Gasteiger partial charge in [-0.05, 0) is 58.2 Å². The molecule has 1 rings (SSSR count). The second-order valence-corrected chi connectivity index (χ2v) is 7.24. The van der Waals surface area contributed by atoms with Gasteiger partial charge in [-0.2, -0.15) is 0 Å². The summed E-state index contributed by atoms with van der Waals surface area (Å²) in [5.41, 5.74) is -0.0558. The zero-order valence-electron chi connectivity index (χ0n) is 16.9. The summed E-state index contributed by atoms with van der Waals surface area (Å²) in [7, 11) is 1.19. The lowest BCUT2D eigenvalue weighted by molar-refractivity contribution is -0.150. The van der Waals surface area contributed by atoms with Crippen LogP contribution in [0.2, 0.25) is 0 Å². The number of carbonyl (C=O) groups excluding carboxylic acids is 3. The Bertz CT molecular complexity index is 668. The number of hydrogen-bond donors (Lipinski definition) is 1. The highest BCUT2D eigenvalue weighted by atomic mass is 19.1. The van der Waals surface area contributed by atoms with Crippen LogP contribution in [-0.4, -0.2) is 43.4 Å². The molecule has 0 saturated heterocycles. The van der Waals surface area contributed by atoms with Crippen LogP contribution in [0.1, 0.15) is 39.7 Å². The second-order valence-electron chi connectivity index (χ2n) is 7.24. The van der Waals surface area contributed by atoms with Gasteiger partial charge in [-0.1, -0.05) is 12.1 Å². The minimum atomic E-state index is -1.10. The molecule has 156 valence electrons. The molecule has 0 aliphatic carbocycles. The van der Waals surface area contributed by atoms with Crippen LogP contribution in [0.5, 0.6) is 0 Å². The van der Waals surface area contributed by atoms with Crippen LogP contribution in [-0.2, 0) is 30.2 Å². The molecule has 28 heavy (non-hydrogen) atoms. The van der Waals surface area contributed by atoms with E-state index < -0.39 is 41.4 Å². The quantitative estimate of drug-likeness (QED) is 0.536. The average molecular weight is 397 g/mol. The van der Waals surface area contributed by atoms with E-state index in [1.807, 2.05) is 0 Å². The van der Waals surface area contributed by atoms with E-state index in [0.29, 0.717) is 5.56 Å². The van der Waals surface area contributed by atoms with Crippen molar-refractivity contribution < 1.29 is 33.0 Å². The molecule has 0 heterocycles. The van der Waals surface area contributed by atoms with Crippen LogP contribution in [0.15, 0.2) is 24.3 Å². The van der Waals surface area contributed by atoms with Gasteiger partial charge in [0.25, 0.3) is 0 Å². The molecule has 1 aromatic rings. The van der Waals surface area contributed by atoms with Crippen LogP contribution in [0.25, 0.3) is 0 Å². The van der Waals surface area contributed by atoms with Gasteiger partial charge in [-0.25, -0.2) is 14.0 Å². The maximum atomic E-state index is 13.1. The fourth-order valence-electron chi connectivity index (χ4n) is 2.52. The summed E-state index contributed by atoms with van der Waals surface area (Å²) in [5, 5.41) is 2.44. The van der Waals surface area contributed by atoms with E-state index in [2.05, 4.69) is 5.32 Å². The Morgan fingerprint density at radius 2 is 1.71 bits per heavy atom. The predicted molar refractivity (Wildman–Crippen MR) is 100 cm³/mol. The minimum absolute atomic E-state index is 0.0534. The van der Waals surface area contributed by atoms with E-state index in [1.165, 1.54) is 19.2 Å². The Hall–Kier alpha value is -2.64. The molecule has 1 unspecified atom stereocenters. The molecular weight excluding hydrogens is 369 g/mol. The van der Waals surface area contributed by atoms with Crippen LogP contribution in [0.3, 0.4) is 0 Å². The molecule has 0 radical (unpaired) electrons. The van der Waals surface area contributed by atoms with Crippen molar-refractivity contribution in [1.82, 2.24) is 5.32 Å². The van der Waals surface area contributed by atoms with Crippen molar-refractivity contribution in [2.75, 3.05) is 13.7 Å². The molecule has 0 spiro atoms. The third kappa shape index (κ3) is 8.37. The number of hydrogen-bond acceptors (Lipinski definition) is 6. The van der Waals surface area contributed by atoms with Gasteiger partial charge in [0.2, 0.25) is 0 Å². The van der Waals surface area contributed by atoms with Crippen molar-refractivity contribution in [3.05, 3.63) is 35.6 Å². The van der Waals surface area contributed by atoms with Crippen molar-refractivity contribution in [1.29, 1.82) is 0 Å². The molecule has 0 aliphatic heterocycles. The highest BCUT2D eigenvalue weighted by Gasteiger charge is 2.31. The van der Waals surface area contributed by atoms with Crippen LogP contribution in [0, 0.1) is 11.7 Å². The predicted octanol–water partition coefficient (Wildman–Crippen LogP) is 3.00. The zero-order chi connectivity index (χ0) is 21.3. The lowest BCUT2D eigenvalue weighted by Gasteiger charge is -2.24. The average Bonchev–Trinajstić information content (AvgIpc) is 2.60. The normalized spacial score (nSPS) is 13.2. The Morgan fingerprint density at radius 1 is 1.11 bits per heavy atom. The fraction of sp³-hybridized carbons (Fsp3) is 0.550. The summed E-state index contributed by atoms with van der Waals surface area (Å²) in [4.78, 5) is 36.6. The topological polar surface area (TPSA) is 90.9 Å². The van der Waals surface area contributed by atoms with Gasteiger partial charge in [-0.15, -0.1) is 0 Å². The maximum absolute atomic E-state index is 13.1. The molecule has 1 aromatic carbocycles. The molecule has 0 saturated carbocycles. The van der Waals surface area contributed by atoms with Gasteiger partial charge in [0.15, 0.2) is 0 Å². The number of alkyl carbamates (subject to hydrolysis) is 1. The third-order valence-corrected chi connectivity index (χ3v) is 3.71. The number of halogens is 1. The number of rotatable bonds is 8. The number of benzene rings is 1. The maximum Gasteiger partial charge on any atom is 0.408 e. The van der Waals surface area contributed by atoms with Crippen LogP contribution < -0.4 is 5.32 Å². The van der Waals surface area contributed by atoms with Gasteiger partial charge in [-0.3, -0.25) is 4.79 Å². The largest absolute Gasteiger partial charge is 0.467 e. The van der Waals surface area contributed by atoms with Gasteiger partial charge in [0.1, 0.15) is 17.5 Å². The Labute approximate surface area is 164 Å². The molecule has 8 heteroatoms. The second kappa shape index (κ2) is 10.6. The number of amides is 1. The first-order valence-corrected chi connectivity index (χ1v) is 9.04. The molecule has 7 nitrogen and oxygen atoms in total. The summed E-state index contributed by atoms with van der Waals surface area (Å²) < 4.78 is 28.1. The first-order chi connectivity index (χ1) is 13.1. The number of esters is 2. The standard InChI is InChI=1S/C20H28FNO6/c1-6-27-17(23)14(11-13-7-9-15(21)10-8-13)12-16(18(24)26-5)22-19(25)28-20(2,3)4/h7-10,14,16H,6,11-12H2,1-5H3,(H,22,25)/t14?,16-/m1/s1. The number of ether oxygens (including phenoxy) is 3. The Kier molecular flexibility index (Phi) is 8.88. The smallest absolute Gasteiger partial charge is 0.408 e. The summed E-state index contributed by atoms with van der Waals surface area (Å²) in [5.74, 6) is -2.37. The van der Waals surface area contributed by atoms with Crippen LogP contribution >= 0.6 is 0 Å². The molecule has 0 bridgehead atoms. The van der Waals surface area contributed by atoms with Crippen molar-refractivity contribution in [2.24, 2.45) is 5.92 Å². The Morgan fingerprint density at radius 3 is 2.21 bits per heavy atom. The minimum Gasteiger partial charge on any atom is -0.467 e. The molecule has 0 aliphatic rings. The highest BCUT2D eigenvalue weighted by molar-refractivity contribution is 5.82. The lowest BCUT2D eigenvalue weighted by atomic mass is 9.92. The highest BCUT2D eigenvalue weighted by Crippen LogP contribution is 2.18. The fourth-order valence-corrected chi connectivity index (χ4v) is 2.52. The molecule has 1 amide bonds.